The smallest absolute Gasteiger partial charge is 0.354 e. The third-order valence-electron chi connectivity index (χ3n) is 1.47. The van der Waals surface area contributed by atoms with Crippen LogP contribution in [0.4, 0.5) is 0 Å². The zero-order valence-electron chi connectivity index (χ0n) is 7.16. The highest BCUT2D eigenvalue weighted by Gasteiger charge is 2.17. The molecule has 5 heteroatoms. The molecule has 70 valence electrons. The number of rotatable bonds is 2. The molecule has 0 fully saturated rings. The Morgan fingerprint density at radius 2 is 2.23 bits per heavy atom. The normalized spacial score (nSPS) is 9.69. The number of hydrogen-bond acceptors (Lipinski definition) is 4. The number of aryl methyl sites for hydroxylation is 1. The predicted octanol–water partition coefficient (Wildman–Crippen LogP) is 0.655. The van der Waals surface area contributed by atoms with Crippen molar-refractivity contribution in [3.8, 4) is 5.75 Å². The topological polar surface area (TPSA) is 76.7 Å². The summed E-state index contributed by atoms with van der Waals surface area (Å²) in [5.41, 5.74) is -1.38. The van der Waals surface area contributed by atoms with Crippen molar-refractivity contribution < 1.29 is 19.1 Å². The molecule has 0 saturated heterocycles. The van der Waals surface area contributed by atoms with Crippen LogP contribution in [0.2, 0.25) is 0 Å². The Hall–Kier alpha value is -1.78. The lowest BCUT2D eigenvalue weighted by Gasteiger charge is -2.02. The van der Waals surface area contributed by atoms with E-state index in [4.69, 9.17) is 9.84 Å². The average molecular weight is 184 g/mol. The van der Waals surface area contributed by atoms with Crippen LogP contribution in [0.15, 0.2) is 15.3 Å². The molecule has 0 aromatic carbocycles. The van der Waals surface area contributed by atoms with E-state index in [9.17, 15) is 9.59 Å². The van der Waals surface area contributed by atoms with E-state index in [0.29, 0.717) is 5.76 Å². The molecule has 1 aromatic heterocycles. The van der Waals surface area contributed by atoms with Crippen molar-refractivity contribution in [3.05, 3.63) is 27.8 Å². The molecule has 0 aliphatic rings. The molecule has 5 nitrogen and oxygen atoms in total. The van der Waals surface area contributed by atoms with Crippen LogP contribution in [0.25, 0.3) is 0 Å². The van der Waals surface area contributed by atoms with Crippen molar-refractivity contribution >= 4 is 5.97 Å². The molecule has 0 unspecified atom stereocenters. The van der Waals surface area contributed by atoms with E-state index in [0.717, 1.165) is 0 Å². The fourth-order valence-corrected chi connectivity index (χ4v) is 0.938. The Morgan fingerprint density at radius 3 is 2.69 bits per heavy atom. The van der Waals surface area contributed by atoms with Gasteiger partial charge in [0.1, 0.15) is 11.5 Å². The largest absolute Gasteiger partial charge is 0.495 e. The molecule has 0 amide bonds. The fraction of sp³-hybridized carbons (Fsp3) is 0.250. The Balaban J connectivity index is 3.48. The maximum absolute atomic E-state index is 11.0. The molecule has 13 heavy (non-hydrogen) atoms. The Kier molecular flexibility index (Phi) is 2.36. The molecule has 0 spiro atoms. The minimum Gasteiger partial charge on any atom is -0.495 e. The molecule has 0 saturated carbocycles. The van der Waals surface area contributed by atoms with Gasteiger partial charge in [-0.3, -0.25) is 0 Å². The molecule has 1 rings (SSSR count). The lowest BCUT2D eigenvalue weighted by molar-refractivity contribution is 0.0687. The number of aromatic carboxylic acids is 1. The van der Waals surface area contributed by atoms with Crippen LogP contribution in [0, 0.1) is 6.92 Å². The van der Waals surface area contributed by atoms with Crippen LogP contribution in [0.1, 0.15) is 16.1 Å². The first-order valence-corrected chi connectivity index (χ1v) is 3.48. The highest BCUT2D eigenvalue weighted by Crippen LogP contribution is 2.15. The molecular weight excluding hydrogens is 176 g/mol. The molecule has 1 heterocycles. The molecule has 0 atom stereocenters. The summed E-state index contributed by atoms with van der Waals surface area (Å²) in [5.74, 6) is -1.03. The molecular formula is C8H8O5. The summed E-state index contributed by atoms with van der Waals surface area (Å²) < 4.78 is 9.32. The van der Waals surface area contributed by atoms with Gasteiger partial charge in [0.25, 0.3) is 0 Å². The van der Waals surface area contributed by atoms with Gasteiger partial charge in [-0.05, 0) is 6.92 Å². The first-order chi connectivity index (χ1) is 6.06. The van der Waals surface area contributed by atoms with Crippen molar-refractivity contribution in [1.29, 1.82) is 0 Å². The predicted molar refractivity (Wildman–Crippen MR) is 43.2 cm³/mol. The molecule has 1 N–H and O–H groups in total. The van der Waals surface area contributed by atoms with Crippen molar-refractivity contribution in [1.82, 2.24) is 0 Å². The van der Waals surface area contributed by atoms with Crippen LogP contribution in [0.5, 0.6) is 5.75 Å². The van der Waals surface area contributed by atoms with Crippen LogP contribution >= 0.6 is 0 Å². The van der Waals surface area contributed by atoms with Gasteiger partial charge in [-0.25, -0.2) is 9.59 Å². The summed E-state index contributed by atoms with van der Waals surface area (Å²) in [6, 6.07) is 1.35. The molecule has 0 bridgehead atoms. The van der Waals surface area contributed by atoms with E-state index in [1.165, 1.54) is 20.1 Å². The summed E-state index contributed by atoms with van der Waals surface area (Å²) in [6.45, 7) is 1.54. The van der Waals surface area contributed by atoms with Crippen LogP contribution in [-0.4, -0.2) is 18.2 Å². The Labute approximate surface area is 73.6 Å². The number of hydrogen-bond donors (Lipinski definition) is 1. The van der Waals surface area contributed by atoms with Gasteiger partial charge >= 0.3 is 11.6 Å². The average Bonchev–Trinajstić information content (AvgIpc) is 2.01. The van der Waals surface area contributed by atoms with E-state index in [1.807, 2.05) is 0 Å². The van der Waals surface area contributed by atoms with Gasteiger partial charge in [-0.1, -0.05) is 0 Å². The molecule has 0 radical (unpaired) electrons. The minimum absolute atomic E-state index is 0.0150. The van der Waals surface area contributed by atoms with Gasteiger partial charge in [0.2, 0.25) is 0 Å². The second-order valence-corrected chi connectivity index (χ2v) is 2.39. The van der Waals surface area contributed by atoms with E-state index < -0.39 is 17.2 Å². The monoisotopic (exact) mass is 184 g/mol. The van der Waals surface area contributed by atoms with Gasteiger partial charge < -0.3 is 14.3 Å². The summed E-state index contributed by atoms with van der Waals surface area (Å²) in [4.78, 5) is 21.6. The number of methoxy groups -OCH3 is 1. The quantitative estimate of drug-likeness (QED) is 0.730. The minimum atomic E-state index is -1.36. The number of carbonyl (C=O) groups is 1. The van der Waals surface area contributed by atoms with Crippen LogP contribution in [0.3, 0.4) is 0 Å². The van der Waals surface area contributed by atoms with E-state index in [2.05, 4.69) is 4.42 Å². The van der Waals surface area contributed by atoms with Gasteiger partial charge in [0.15, 0.2) is 5.56 Å². The third kappa shape index (κ3) is 1.69. The summed E-state index contributed by atoms with van der Waals surface area (Å²) >= 11 is 0. The number of carboxylic acid groups (broad SMARTS) is 1. The highest BCUT2D eigenvalue weighted by atomic mass is 16.5. The van der Waals surface area contributed by atoms with E-state index >= 15 is 0 Å². The van der Waals surface area contributed by atoms with Crippen molar-refractivity contribution in [3.63, 3.8) is 0 Å². The van der Waals surface area contributed by atoms with Crippen LogP contribution < -0.4 is 10.4 Å². The lowest BCUT2D eigenvalue weighted by Crippen LogP contribution is -2.15. The second-order valence-electron chi connectivity index (χ2n) is 2.39. The third-order valence-corrected chi connectivity index (χ3v) is 1.47. The van der Waals surface area contributed by atoms with Crippen molar-refractivity contribution in [2.24, 2.45) is 0 Å². The number of ether oxygens (including phenoxy) is 1. The van der Waals surface area contributed by atoms with Crippen molar-refractivity contribution in [2.45, 2.75) is 6.92 Å². The van der Waals surface area contributed by atoms with Gasteiger partial charge in [0.05, 0.1) is 7.11 Å². The van der Waals surface area contributed by atoms with E-state index in [-0.39, 0.29) is 5.75 Å². The van der Waals surface area contributed by atoms with Gasteiger partial charge in [-0.15, -0.1) is 0 Å². The second kappa shape index (κ2) is 3.30. The molecule has 1 aromatic rings. The van der Waals surface area contributed by atoms with E-state index in [1.54, 1.807) is 0 Å². The SMILES string of the molecule is COc1cc(C)oc(=O)c1C(=O)O. The Morgan fingerprint density at radius 1 is 1.62 bits per heavy atom. The lowest BCUT2D eigenvalue weighted by atomic mass is 10.2. The molecule has 0 aliphatic heterocycles. The summed E-state index contributed by atoms with van der Waals surface area (Å²) in [7, 11) is 1.29. The first-order valence-electron chi connectivity index (χ1n) is 3.48. The Bertz CT molecular complexity index is 390. The van der Waals surface area contributed by atoms with Gasteiger partial charge in [0, 0.05) is 6.07 Å². The fourth-order valence-electron chi connectivity index (χ4n) is 0.938. The van der Waals surface area contributed by atoms with Crippen LogP contribution in [-0.2, 0) is 0 Å². The standard InChI is InChI=1S/C8H8O5/c1-4-3-5(12-2)6(7(9)10)8(11)13-4/h3H,1-2H3,(H,9,10). The maximum atomic E-state index is 11.0. The van der Waals surface area contributed by atoms with Crippen molar-refractivity contribution in [2.75, 3.05) is 7.11 Å². The number of carboxylic acids is 1. The maximum Gasteiger partial charge on any atom is 0.354 e. The summed E-state index contributed by atoms with van der Waals surface area (Å²) in [5, 5.41) is 8.63. The van der Waals surface area contributed by atoms with Gasteiger partial charge in [-0.2, -0.15) is 0 Å². The zero-order chi connectivity index (χ0) is 10.0. The summed E-state index contributed by atoms with van der Waals surface area (Å²) in [6.07, 6.45) is 0. The zero-order valence-corrected chi connectivity index (χ0v) is 7.16. The molecule has 0 aliphatic carbocycles. The highest BCUT2D eigenvalue weighted by molar-refractivity contribution is 5.90. The first kappa shape index (κ1) is 9.31.